The Morgan fingerprint density at radius 3 is 2.40 bits per heavy atom. The Bertz CT molecular complexity index is 2710. The van der Waals surface area contributed by atoms with Gasteiger partial charge in [0.05, 0.1) is 49.0 Å². The number of allylic oxidation sites excluding steroid dienone is 1. The van der Waals surface area contributed by atoms with Gasteiger partial charge in [0, 0.05) is 37.2 Å². The van der Waals surface area contributed by atoms with Crippen molar-refractivity contribution in [3.8, 4) is 17.2 Å². The summed E-state index contributed by atoms with van der Waals surface area (Å²) in [6, 6.07) is 34.7. The molecule has 0 spiro atoms. The molecule has 2 N–H and O–H groups in total. The van der Waals surface area contributed by atoms with Crippen LogP contribution in [0.2, 0.25) is 0 Å². The molecule has 2 aliphatic carbocycles. The van der Waals surface area contributed by atoms with Crippen molar-refractivity contribution in [1.82, 2.24) is 4.90 Å². The van der Waals surface area contributed by atoms with Crippen LogP contribution in [0.3, 0.4) is 0 Å². The molecule has 14 heteroatoms. The van der Waals surface area contributed by atoms with E-state index >= 15 is 4.79 Å². The van der Waals surface area contributed by atoms with Gasteiger partial charge in [-0.2, -0.15) is 0 Å². The highest BCUT2D eigenvalue weighted by Crippen LogP contribution is 2.62. The van der Waals surface area contributed by atoms with Crippen molar-refractivity contribution in [3.63, 3.8) is 0 Å². The topological polar surface area (TPSA) is 172 Å². The zero-order valence-electron chi connectivity index (χ0n) is 41.5. The SMILES string of the molecule is C=CCOC12Oc3ccc(Oc4cccc([N+](=O)[O-])c4)cc3C3C(CCCCO)C(CCCCO)C=C(C(=NOC(C)(C)C)CC1N(Cc1cccc4ccccc14)C(=O)OCCOCc1ccccc1)C32. The van der Waals surface area contributed by atoms with E-state index < -0.39 is 34.4 Å². The van der Waals surface area contributed by atoms with Crippen molar-refractivity contribution in [3.05, 3.63) is 166 Å². The number of nitro groups is 1. The van der Waals surface area contributed by atoms with Gasteiger partial charge in [-0.15, -0.1) is 6.58 Å². The van der Waals surface area contributed by atoms with Crippen LogP contribution in [-0.2, 0) is 32.2 Å². The first-order valence-electron chi connectivity index (χ1n) is 25.1. The van der Waals surface area contributed by atoms with Crippen molar-refractivity contribution in [2.75, 3.05) is 33.0 Å². The van der Waals surface area contributed by atoms with Gasteiger partial charge in [-0.1, -0.05) is 109 Å². The number of ether oxygens (including phenoxy) is 5. The number of aliphatic hydroxyl groups excluding tert-OH is 2. The highest BCUT2D eigenvalue weighted by molar-refractivity contribution is 6.03. The zero-order valence-corrected chi connectivity index (χ0v) is 41.5. The molecule has 5 aromatic carbocycles. The molecule has 380 valence electrons. The van der Waals surface area contributed by atoms with Crippen LogP contribution in [0.4, 0.5) is 10.5 Å². The summed E-state index contributed by atoms with van der Waals surface area (Å²) in [6.45, 7) is 10.7. The van der Waals surface area contributed by atoms with Gasteiger partial charge in [0.1, 0.15) is 35.5 Å². The summed E-state index contributed by atoms with van der Waals surface area (Å²) in [7, 11) is 0. The number of hydrogen-bond acceptors (Lipinski definition) is 12. The molecule has 1 aliphatic heterocycles. The van der Waals surface area contributed by atoms with Crippen molar-refractivity contribution in [2.24, 2.45) is 22.9 Å². The van der Waals surface area contributed by atoms with E-state index in [9.17, 15) is 20.3 Å². The Morgan fingerprint density at radius 1 is 0.903 bits per heavy atom. The maximum atomic E-state index is 15.3. The fraction of sp³-hybridized carbons (Fsp3) is 0.414. The van der Waals surface area contributed by atoms with E-state index in [1.165, 1.54) is 12.1 Å². The zero-order chi connectivity index (χ0) is 50.7. The van der Waals surface area contributed by atoms with Gasteiger partial charge < -0.3 is 38.7 Å². The van der Waals surface area contributed by atoms with Crippen molar-refractivity contribution >= 4 is 28.3 Å². The van der Waals surface area contributed by atoms with E-state index in [2.05, 4.69) is 12.7 Å². The van der Waals surface area contributed by atoms with Crippen LogP contribution in [0.5, 0.6) is 17.2 Å². The number of benzene rings is 5. The van der Waals surface area contributed by atoms with E-state index in [4.69, 9.17) is 33.7 Å². The van der Waals surface area contributed by atoms with Gasteiger partial charge in [0.25, 0.3) is 5.69 Å². The number of rotatable bonds is 23. The third-order valence-electron chi connectivity index (χ3n) is 13.7. The molecular formula is C58H67N3O11. The number of carbonyl (C=O) groups excluding carboxylic acids is 1. The molecule has 0 bridgehead atoms. The number of fused-ring (bicyclic) bond motifs is 3. The van der Waals surface area contributed by atoms with Crippen LogP contribution in [0.1, 0.15) is 88.3 Å². The largest absolute Gasteiger partial charge is 0.459 e. The Kier molecular flexibility index (Phi) is 17.1. The van der Waals surface area contributed by atoms with E-state index in [1.807, 2.05) is 106 Å². The summed E-state index contributed by atoms with van der Waals surface area (Å²) in [5, 5.41) is 38.9. The molecule has 1 amide bonds. The van der Waals surface area contributed by atoms with Gasteiger partial charge in [0.2, 0.25) is 5.79 Å². The summed E-state index contributed by atoms with van der Waals surface area (Å²) in [4.78, 5) is 34.7. The highest BCUT2D eigenvalue weighted by atomic mass is 16.7. The minimum absolute atomic E-state index is 0.0140. The fourth-order valence-electron chi connectivity index (χ4n) is 10.7. The molecule has 0 aromatic heterocycles. The molecule has 6 unspecified atom stereocenters. The fourth-order valence-corrected chi connectivity index (χ4v) is 10.7. The first-order valence-corrected chi connectivity index (χ1v) is 25.1. The first kappa shape index (κ1) is 51.8. The smallest absolute Gasteiger partial charge is 0.410 e. The Labute approximate surface area is 422 Å². The number of hydrogen-bond donors (Lipinski definition) is 2. The van der Waals surface area contributed by atoms with E-state index in [0.717, 1.165) is 58.7 Å². The Hall–Kier alpha value is -6.58. The second kappa shape index (κ2) is 23.8. The van der Waals surface area contributed by atoms with Gasteiger partial charge in [-0.25, -0.2) is 4.79 Å². The summed E-state index contributed by atoms with van der Waals surface area (Å²) in [5.41, 5.74) is 3.47. The molecule has 8 rings (SSSR count). The third-order valence-corrected chi connectivity index (χ3v) is 13.7. The molecule has 1 fully saturated rings. The van der Waals surface area contributed by atoms with Crippen LogP contribution >= 0.6 is 0 Å². The van der Waals surface area contributed by atoms with Crippen LogP contribution in [0, 0.1) is 27.9 Å². The number of amides is 1. The average molecular weight is 982 g/mol. The second-order valence-electron chi connectivity index (χ2n) is 19.8. The van der Waals surface area contributed by atoms with Gasteiger partial charge >= 0.3 is 6.09 Å². The minimum atomic E-state index is -1.57. The van der Waals surface area contributed by atoms with Crippen molar-refractivity contribution in [1.29, 1.82) is 0 Å². The number of unbranched alkanes of at least 4 members (excludes halogenated alkanes) is 2. The molecule has 72 heavy (non-hydrogen) atoms. The van der Waals surface area contributed by atoms with E-state index in [1.54, 1.807) is 29.2 Å². The predicted octanol–water partition coefficient (Wildman–Crippen LogP) is 11.8. The Balaban J connectivity index is 1.31. The lowest BCUT2D eigenvalue weighted by molar-refractivity contribution is -0.384. The molecular weight excluding hydrogens is 915 g/mol. The monoisotopic (exact) mass is 981 g/mol. The molecule has 5 aromatic rings. The number of nitrogens with zero attached hydrogens (tertiary/aromatic N) is 3. The maximum Gasteiger partial charge on any atom is 0.410 e. The van der Waals surface area contributed by atoms with Crippen LogP contribution in [0.25, 0.3) is 10.8 Å². The number of aliphatic hydroxyl groups is 2. The standard InChI is InChI=1S/C58H67N3O11/c1-5-31-69-58-53(60(38-43-22-15-21-41-19-9-10-25-47(41)43)56(64)68-33-32-67-39-40-17-7-6-8-18-40)37-51(59-72-57(2,3)4)49-34-42(20-11-13-29-62)48(26-12-14-30-63)54(55(49)58)50-36-46(27-28-52(50)71-58)70-45-24-16-23-44(35-45)61(65)66/h5-10,15-19,21-25,27-28,34-36,42,48,53-55,62-63H,1,11-14,20,26,29-33,37-39H2,2-4H3. The quantitative estimate of drug-likeness (QED) is 0.0276. The molecule has 0 saturated heterocycles. The lowest BCUT2D eigenvalue weighted by Crippen LogP contribution is -2.70. The number of oxime groups is 1. The van der Waals surface area contributed by atoms with Crippen molar-refractivity contribution in [2.45, 2.75) is 102 Å². The lowest BCUT2D eigenvalue weighted by atomic mass is 9.55. The summed E-state index contributed by atoms with van der Waals surface area (Å²) in [5.74, 6) is -1.33. The summed E-state index contributed by atoms with van der Waals surface area (Å²) >= 11 is 0. The maximum absolute atomic E-state index is 15.3. The molecule has 14 nitrogen and oxygen atoms in total. The van der Waals surface area contributed by atoms with Gasteiger partial charge in [-0.05, 0) is 110 Å². The third kappa shape index (κ3) is 12.0. The van der Waals surface area contributed by atoms with E-state index in [0.29, 0.717) is 42.4 Å². The van der Waals surface area contributed by atoms with E-state index in [-0.39, 0.29) is 69.4 Å². The number of non-ortho nitro benzene ring substituents is 1. The Morgan fingerprint density at radius 2 is 1.64 bits per heavy atom. The van der Waals surface area contributed by atoms with Crippen LogP contribution in [0.15, 0.2) is 145 Å². The summed E-state index contributed by atoms with van der Waals surface area (Å²) < 4.78 is 33.3. The molecule has 1 heterocycles. The molecule has 6 atom stereocenters. The van der Waals surface area contributed by atoms with Gasteiger partial charge in [-0.3, -0.25) is 15.0 Å². The first-order chi connectivity index (χ1) is 34.9. The minimum Gasteiger partial charge on any atom is -0.459 e. The normalized spacial score (nSPS) is 21.7. The predicted molar refractivity (Wildman–Crippen MR) is 276 cm³/mol. The molecule has 1 saturated carbocycles. The molecule has 3 aliphatic rings. The summed E-state index contributed by atoms with van der Waals surface area (Å²) in [6.07, 6.45) is 7.76. The van der Waals surface area contributed by atoms with Gasteiger partial charge in [0.15, 0.2) is 0 Å². The number of carbonyl (C=O) groups is 1. The molecule has 0 radical (unpaired) electrons. The highest BCUT2D eigenvalue weighted by Gasteiger charge is 2.66. The second-order valence-corrected chi connectivity index (χ2v) is 19.8. The van der Waals surface area contributed by atoms with Crippen LogP contribution in [-0.4, -0.2) is 82.3 Å². The van der Waals surface area contributed by atoms with Crippen LogP contribution < -0.4 is 9.47 Å². The number of nitro benzene ring substituents is 1. The average Bonchev–Trinajstić information content (AvgIpc) is 3.38. The lowest BCUT2D eigenvalue weighted by Gasteiger charge is -2.60. The van der Waals surface area contributed by atoms with Crippen molar-refractivity contribution < 1.29 is 48.5 Å².